The lowest BCUT2D eigenvalue weighted by Crippen LogP contribution is -2.30. The minimum absolute atomic E-state index is 0.0754. The molecule has 0 saturated heterocycles. The maximum Gasteiger partial charge on any atom is 0.306 e. The monoisotopic (exact) mass is 691 g/mol. The van der Waals surface area contributed by atoms with E-state index in [1.165, 1.54) is 96.3 Å². The summed E-state index contributed by atoms with van der Waals surface area (Å²) in [4.78, 5) is 37.5. The fourth-order valence-electron chi connectivity index (χ4n) is 5.70. The molecular weight excluding hydrogens is 612 g/mol. The van der Waals surface area contributed by atoms with Gasteiger partial charge in [-0.1, -0.05) is 161 Å². The SMILES string of the molecule is CCCC/C=C\CCCCCCCC(=O)OC[C@@H](COC(=O)CCCCCCCCCCC)OC(=O)CCCCCCC/C=C\CCCC. The summed E-state index contributed by atoms with van der Waals surface area (Å²) in [7, 11) is 0. The van der Waals surface area contributed by atoms with Crippen molar-refractivity contribution < 1.29 is 28.6 Å². The Labute approximate surface area is 303 Å². The molecule has 0 saturated carbocycles. The van der Waals surface area contributed by atoms with Crippen molar-refractivity contribution in [1.82, 2.24) is 0 Å². The third kappa shape index (κ3) is 37.0. The van der Waals surface area contributed by atoms with Crippen LogP contribution in [0.3, 0.4) is 0 Å². The number of carbonyl (C=O) groups is 3. The molecular formula is C43H78O6. The molecule has 286 valence electrons. The van der Waals surface area contributed by atoms with Gasteiger partial charge in [-0.05, 0) is 57.8 Å². The molecule has 0 rings (SSSR count). The molecule has 6 nitrogen and oxygen atoms in total. The lowest BCUT2D eigenvalue weighted by molar-refractivity contribution is -0.167. The van der Waals surface area contributed by atoms with Crippen molar-refractivity contribution in [2.75, 3.05) is 13.2 Å². The van der Waals surface area contributed by atoms with Gasteiger partial charge in [-0.15, -0.1) is 0 Å². The molecule has 0 aliphatic carbocycles. The Morgan fingerprint density at radius 3 is 1.08 bits per heavy atom. The number of ether oxygens (including phenoxy) is 3. The summed E-state index contributed by atoms with van der Waals surface area (Å²) in [5.41, 5.74) is 0. The summed E-state index contributed by atoms with van der Waals surface area (Å²) in [6.07, 6.45) is 40.2. The zero-order valence-electron chi connectivity index (χ0n) is 32.5. The van der Waals surface area contributed by atoms with Gasteiger partial charge >= 0.3 is 17.9 Å². The first-order valence-electron chi connectivity index (χ1n) is 20.8. The average molecular weight is 691 g/mol. The topological polar surface area (TPSA) is 78.9 Å². The van der Waals surface area contributed by atoms with Gasteiger partial charge in [-0.2, -0.15) is 0 Å². The van der Waals surface area contributed by atoms with Crippen LogP contribution < -0.4 is 0 Å². The van der Waals surface area contributed by atoms with Gasteiger partial charge in [0.2, 0.25) is 0 Å². The van der Waals surface area contributed by atoms with E-state index in [9.17, 15) is 14.4 Å². The molecule has 0 heterocycles. The van der Waals surface area contributed by atoms with Crippen LogP contribution in [0.1, 0.15) is 213 Å². The van der Waals surface area contributed by atoms with Gasteiger partial charge in [-0.3, -0.25) is 14.4 Å². The standard InChI is InChI=1S/C43H78O6/c1-4-7-10-13-16-19-21-24-27-30-33-36-42(45)48-39-40(38-47-41(44)35-32-29-26-23-18-15-12-9-6-3)49-43(46)37-34-31-28-25-22-20-17-14-11-8-5-2/h13-14,16-17,40H,4-12,15,18-39H2,1-3H3/b16-13-,17-14-/t40-/m1/s1. The lowest BCUT2D eigenvalue weighted by atomic mass is 10.1. The molecule has 0 aromatic rings. The van der Waals surface area contributed by atoms with E-state index < -0.39 is 6.10 Å². The minimum Gasteiger partial charge on any atom is -0.462 e. The molecule has 0 unspecified atom stereocenters. The molecule has 0 bridgehead atoms. The van der Waals surface area contributed by atoms with E-state index in [0.717, 1.165) is 77.0 Å². The Balaban J connectivity index is 4.38. The number of hydrogen-bond donors (Lipinski definition) is 0. The van der Waals surface area contributed by atoms with E-state index in [-0.39, 0.29) is 31.1 Å². The molecule has 0 spiro atoms. The molecule has 49 heavy (non-hydrogen) atoms. The van der Waals surface area contributed by atoms with Crippen LogP contribution in [0.15, 0.2) is 24.3 Å². The molecule has 0 aromatic carbocycles. The van der Waals surface area contributed by atoms with Crippen molar-refractivity contribution in [3.63, 3.8) is 0 Å². The Hall–Kier alpha value is -2.11. The summed E-state index contributed by atoms with van der Waals surface area (Å²) in [6, 6.07) is 0. The first-order chi connectivity index (χ1) is 24.0. The highest BCUT2D eigenvalue weighted by Gasteiger charge is 2.19. The van der Waals surface area contributed by atoms with Gasteiger partial charge in [0, 0.05) is 19.3 Å². The summed E-state index contributed by atoms with van der Waals surface area (Å²) < 4.78 is 16.6. The quantitative estimate of drug-likeness (QED) is 0.0279. The maximum absolute atomic E-state index is 12.6. The number of unbranched alkanes of at least 4 members (excludes halogenated alkanes) is 22. The van der Waals surface area contributed by atoms with E-state index in [2.05, 4.69) is 45.1 Å². The van der Waals surface area contributed by atoms with Crippen molar-refractivity contribution in [3.05, 3.63) is 24.3 Å². The van der Waals surface area contributed by atoms with Crippen LogP contribution in [-0.2, 0) is 28.6 Å². The van der Waals surface area contributed by atoms with Gasteiger partial charge in [0.1, 0.15) is 13.2 Å². The lowest BCUT2D eigenvalue weighted by Gasteiger charge is -2.18. The third-order valence-corrected chi connectivity index (χ3v) is 8.93. The third-order valence-electron chi connectivity index (χ3n) is 8.93. The number of allylic oxidation sites excluding steroid dienone is 4. The van der Waals surface area contributed by atoms with Crippen LogP contribution in [0.2, 0.25) is 0 Å². The van der Waals surface area contributed by atoms with Gasteiger partial charge < -0.3 is 14.2 Å². The second-order valence-electron chi connectivity index (χ2n) is 13.9. The predicted octanol–water partition coefficient (Wildman–Crippen LogP) is 12.9. The second-order valence-corrected chi connectivity index (χ2v) is 13.9. The minimum atomic E-state index is -0.770. The normalized spacial score (nSPS) is 12.1. The van der Waals surface area contributed by atoms with Gasteiger partial charge in [-0.25, -0.2) is 0 Å². The summed E-state index contributed by atoms with van der Waals surface area (Å²) in [6.45, 7) is 6.51. The van der Waals surface area contributed by atoms with Crippen molar-refractivity contribution in [2.45, 2.75) is 219 Å². The number of hydrogen-bond acceptors (Lipinski definition) is 6. The van der Waals surface area contributed by atoms with Crippen molar-refractivity contribution >= 4 is 17.9 Å². The van der Waals surface area contributed by atoms with Gasteiger partial charge in [0.15, 0.2) is 6.10 Å². The number of rotatable bonds is 37. The first kappa shape index (κ1) is 46.9. The highest BCUT2D eigenvalue weighted by atomic mass is 16.6. The molecule has 0 N–H and O–H groups in total. The van der Waals surface area contributed by atoms with Crippen molar-refractivity contribution in [1.29, 1.82) is 0 Å². The Bertz CT molecular complexity index is 804. The van der Waals surface area contributed by atoms with Crippen LogP contribution in [0, 0.1) is 0 Å². The largest absolute Gasteiger partial charge is 0.462 e. The van der Waals surface area contributed by atoms with Gasteiger partial charge in [0.25, 0.3) is 0 Å². The second kappa shape index (κ2) is 38.7. The van der Waals surface area contributed by atoms with E-state index in [1.54, 1.807) is 0 Å². The van der Waals surface area contributed by atoms with Crippen LogP contribution >= 0.6 is 0 Å². The summed E-state index contributed by atoms with van der Waals surface area (Å²) in [5, 5.41) is 0. The Morgan fingerprint density at radius 1 is 0.388 bits per heavy atom. The summed E-state index contributed by atoms with van der Waals surface area (Å²) >= 11 is 0. The summed E-state index contributed by atoms with van der Waals surface area (Å²) in [5.74, 6) is -0.900. The maximum atomic E-state index is 12.6. The first-order valence-corrected chi connectivity index (χ1v) is 20.8. The van der Waals surface area contributed by atoms with Crippen LogP contribution in [-0.4, -0.2) is 37.2 Å². The fourth-order valence-corrected chi connectivity index (χ4v) is 5.70. The highest BCUT2D eigenvalue weighted by Crippen LogP contribution is 2.13. The molecule has 0 aromatic heterocycles. The zero-order valence-corrected chi connectivity index (χ0v) is 32.5. The molecule has 0 aliphatic rings. The molecule has 1 atom stereocenters. The van der Waals surface area contributed by atoms with E-state index in [0.29, 0.717) is 19.3 Å². The predicted molar refractivity (Wildman–Crippen MR) is 206 cm³/mol. The number of carbonyl (C=O) groups excluding carboxylic acids is 3. The molecule has 0 aliphatic heterocycles. The zero-order chi connectivity index (χ0) is 35.9. The molecule has 0 radical (unpaired) electrons. The number of esters is 3. The van der Waals surface area contributed by atoms with E-state index in [1.807, 2.05) is 0 Å². The molecule has 0 amide bonds. The van der Waals surface area contributed by atoms with Gasteiger partial charge in [0.05, 0.1) is 0 Å². The smallest absolute Gasteiger partial charge is 0.306 e. The molecule has 0 fully saturated rings. The van der Waals surface area contributed by atoms with Crippen LogP contribution in [0.4, 0.5) is 0 Å². The Morgan fingerprint density at radius 2 is 0.694 bits per heavy atom. The fraction of sp³-hybridized carbons (Fsp3) is 0.837. The van der Waals surface area contributed by atoms with Crippen molar-refractivity contribution in [2.24, 2.45) is 0 Å². The molecule has 6 heteroatoms. The van der Waals surface area contributed by atoms with E-state index in [4.69, 9.17) is 14.2 Å². The van der Waals surface area contributed by atoms with Crippen LogP contribution in [0.25, 0.3) is 0 Å². The Kier molecular flexibility index (Phi) is 37.0. The average Bonchev–Trinajstić information content (AvgIpc) is 3.10. The highest BCUT2D eigenvalue weighted by molar-refractivity contribution is 5.71. The van der Waals surface area contributed by atoms with E-state index >= 15 is 0 Å². The van der Waals surface area contributed by atoms with Crippen LogP contribution in [0.5, 0.6) is 0 Å². The van der Waals surface area contributed by atoms with Crippen molar-refractivity contribution in [3.8, 4) is 0 Å².